The van der Waals surface area contributed by atoms with Crippen LogP contribution in [0, 0.1) is 11.6 Å². The molecular weight excluding hydrogens is 617 g/mol. The van der Waals surface area contributed by atoms with Crippen molar-refractivity contribution in [1.29, 1.82) is 0 Å². The summed E-state index contributed by atoms with van der Waals surface area (Å²) < 4.78 is 115. The Kier molecular flexibility index (Phi) is 7.01. The summed E-state index contributed by atoms with van der Waals surface area (Å²) in [7, 11) is 0. The van der Waals surface area contributed by atoms with Gasteiger partial charge in [0.2, 0.25) is 5.88 Å². The zero-order valence-electron chi connectivity index (χ0n) is 22.9. The number of benzene rings is 2. The molecule has 2 aromatic heterocycles. The lowest BCUT2D eigenvalue weighted by atomic mass is 9.95. The number of aromatic nitrogens is 3. The fourth-order valence-electron chi connectivity index (χ4n) is 6.54. The molecule has 234 valence electrons. The molecule has 44 heavy (non-hydrogen) atoms. The second-order valence-electron chi connectivity index (χ2n) is 11.3. The SMILES string of the molecule is Nc1nc2c(-c3c(C(F)(F)F)cc4c(OC5CNCC5F)nc(OCC56CCCN5CC(F)C6)nc4c3F)ccc(F)c2s1. The Morgan fingerprint density at radius 2 is 1.93 bits per heavy atom. The van der Waals surface area contributed by atoms with Crippen LogP contribution in [0.25, 0.3) is 32.2 Å². The second-order valence-corrected chi connectivity index (χ2v) is 12.4. The minimum absolute atomic E-state index is 0.0321. The van der Waals surface area contributed by atoms with Crippen LogP contribution in [0.2, 0.25) is 0 Å². The highest BCUT2D eigenvalue weighted by Crippen LogP contribution is 2.46. The largest absolute Gasteiger partial charge is 0.469 e. The molecule has 8 nitrogen and oxygen atoms in total. The summed E-state index contributed by atoms with van der Waals surface area (Å²) in [6, 6.07) is 2.09. The van der Waals surface area contributed by atoms with E-state index in [1.807, 2.05) is 4.90 Å². The molecule has 5 heterocycles. The van der Waals surface area contributed by atoms with Gasteiger partial charge in [0.1, 0.15) is 30.2 Å². The van der Waals surface area contributed by atoms with Crippen molar-refractivity contribution in [2.24, 2.45) is 0 Å². The predicted molar refractivity (Wildman–Crippen MR) is 148 cm³/mol. The van der Waals surface area contributed by atoms with Crippen molar-refractivity contribution in [2.45, 2.75) is 49.4 Å². The van der Waals surface area contributed by atoms with Crippen molar-refractivity contribution in [3.05, 3.63) is 35.4 Å². The third-order valence-corrected chi connectivity index (χ3v) is 9.44. The summed E-state index contributed by atoms with van der Waals surface area (Å²) in [6.45, 7) is 0.845. The zero-order valence-corrected chi connectivity index (χ0v) is 23.7. The minimum atomic E-state index is -5.10. The summed E-state index contributed by atoms with van der Waals surface area (Å²) in [6.07, 6.45) is -7.12. The molecule has 4 aromatic rings. The van der Waals surface area contributed by atoms with E-state index >= 15 is 4.39 Å². The first-order chi connectivity index (χ1) is 20.9. The highest BCUT2D eigenvalue weighted by Gasteiger charge is 2.49. The topological polar surface area (TPSA) is 98.4 Å². The van der Waals surface area contributed by atoms with Gasteiger partial charge in [0.15, 0.2) is 17.1 Å². The average molecular weight is 643 g/mol. The lowest BCUT2D eigenvalue weighted by Crippen LogP contribution is -2.43. The van der Waals surface area contributed by atoms with Crippen molar-refractivity contribution in [3.63, 3.8) is 0 Å². The van der Waals surface area contributed by atoms with Crippen LogP contribution in [0.4, 0.5) is 35.9 Å². The molecule has 0 saturated carbocycles. The van der Waals surface area contributed by atoms with Gasteiger partial charge >= 0.3 is 12.2 Å². The van der Waals surface area contributed by atoms with Crippen LogP contribution in [-0.2, 0) is 6.18 Å². The van der Waals surface area contributed by atoms with E-state index < -0.39 is 75.7 Å². The molecule has 4 unspecified atom stereocenters. The first kappa shape index (κ1) is 29.2. The number of nitrogens with zero attached hydrogens (tertiary/aromatic N) is 4. The summed E-state index contributed by atoms with van der Waals surface area (Å²) >= 11 is 0.709. The number of hydrogen-bond acceptors (Lipinski definition) is 9. The molecule has 3 saturated heterocycles. The van der Waals surface area contributed by atoms with E-state index in [9.17, 15) is 26.3 Å². The van der Waals surface area contributed by atoms with Gasteiger partial charge in [-0.3, -0.25) is 4.90 Å². The van der Waals surface area contributed by atoms with Gasteiger partial charge < -0.3 is 20.5 Å². The minimum Gasteiger partial charge on any atom is -0.469 e. The third-order valence-electron chi connectivity index (χ3n) is 8.54. The van der Waals surface area contributed by atoms with Crippen LogP contribution in [-0.4, -0.2) is 76.6 Å². The molecule has 0 amide bonds. The maximum absolute atomic E-state index is 16.5. The van der Waals surface area contributed by atoms with Crippen molar-refractivity contribution >= 4 is 37.6 Å². The number of rotatable bonds is 6. The summed E-state index contributed by atoms with van der Waals surface area (Å²) in [5, 5.41) is 2.19. The van der Waals surface area contributed by atoms with E-state index in [0.717, 1.165) is 18.6 Å². The molecule has 7 rings (SSSR count). The summed E-state index contributed by atoms with van der Waals surface area (Å²) in [5.74, 6) is -2.71. The number of thiazole rings is 1. The third kappa shape index (κ3) is 4.86. The lowest BCUT2D eigenvalue weighted by Gasteiger charge is -2.30. The van der Waals surface area contributed by atoms with Crippen LogP contribution >= 0.6 is 11.3 Å². The molecule has 2 aromatic carbocycles. The predicted octanol–water partition coefficient (Wildman–Crippen LogP) is 5.43. The molecule has 3 fully saturated rings. The second kappa shape index (κ2) is 10.5. The quantitative estimate of drug-likeness (QED) is 0.269. The number of hydrogen-bond donors (Lipinski definition) is 2. The van der Waals surface area contributed by atoms with E-state index in [4.69, 9.17) is 15.2 Å². The number of alkyl halides is 5. The number of nitrogens with two attached hydrogens (primary N) is 1. The summed E-state index contributed by atoms with van der Waals surface area (Å²) in [4.78, 5) is 14.2. The van der Waals surface area contributed by atoms with Crippen LogP contribution in [0.3, 0.4) is 0 Å². The van der Waals surface area contributed by atoms with E-state index in [1.165, 1.54) is 0 Å². The monoisotopic (exact) mass is 642 g/mol. The first-order valence-corrected chi connectivity index (χ1v) is 14.7. The fraction of sp³-hybridized carbons (Fsp3) is 0.464. The van der Waals surface area contributed by atoms with Gasteiger partial charge in [0.05, 0.1) is 26.7 Å². The Morgan fingerprint density at radius 1 is 1.11 bits per heavy atom. The molecular formula is C28H25F7N6O2S. The van der Waals surface area contributed by atoms with Gasteiger partial charge in [-0.15, -0.1) is 0 Å². The van der Waals surface area contributed by atoms with Crippen LogP contribution < -0.4 is 20.5 Å². The first-order valence-electron chi connectivity index (χ1n) is 13.9. The maximum Gasteiger partial charge on any atom is 0.417 e. The molecule has 3 aliphatic rings. The van der Waals surface area contributed by atoms with Gasteiger partial charge in [-0.1, -0.05) is 11.3 Å². The Labute approximate surface area is 249 Å². The Hall–Kier alpha value is -3.50. The number of ether oxygens (including phenoxy) is 2. The smallest absolute Gasteiger partial charge is 0.417 e. The Balaban J connectivity index is 1.41. The fourth-order valence-corrected chi connectivity index (χ4v) is 7.31. The standard InChI is InChI=1S/C28H25F7N6O2S/c29-12-7-27(4-1-5-41(27)10-12)11-42-26-39-21-14(24(40-26)43-18-9-37-8-17(18)31)6-15(28(33,34)35)19(20(21)32)13-2-3-16(30)23-22(13)38-25(36)44-23/h2-3,6,12,17-18,37H,1,4-5,7-11H2,(H2,36,38). The number of halogens is 7. The van der Waals surface area contributed by atoms with Crippen LogP contribution in [0.5, 0.6) is 11.9 Å². The van der Waals surface area contributed by atoms with Crippen LogP contribution in [0.15, 0.2) is 18.2 Å². The van der Waals surface area contributed by atoms with Crippen LogP contribution in [0.1, 0.15) is 24.8 Å². The van der Waals surface area contributed by atoms with Crippen molar-refractivity contribution in [3.8, 4) is 23.0 Å². The molecule has 4 atom stereocenters. The van der Waals surface area contributed by atoms with Gasteiger partial charge in [-0.05, 0) is 37.6 Å². The number of anilines is 1. The van der Waals surface area contributed by atoms with E-state index in [2.05, 4.69) is 20.3 Å². The Morgan fingerprint density at radius 3 is 2.68 bits per heavy atom. The van der Waals surface area contributed by atoms with Gasteiger partial charge in [-0.25, -0.2) is 22.5 Å². The number of nitrogen functional groups attached to an aromatic ring is 1. The van der Waals surface area contributed by atoms with Crippen molar-refractivity contribution in [2.75, 3.05) is 38.5 Å². The molecule has 0 radical (unpaired) electrons. The maximum atomic E-state index is 16.5. The Bertz CT molecular complexity index is 1770. The molecule has 3 aliphatic heterocycles. The van der Waals surface area contributed by atoms with E-state index in [1.54, 1.807) is 0 Å². The lowest BCUT2D eigenvalue weighted by molar-refractivity contribution is -0.137. The summed E-state index contributed by atoms with van der Waals surface area (Å²) in [5.41, 5.74) is 1.54. The highest BCUT2D eigenvalue weighted by molar-refractivity contribution is 7.22. The number of nitrogens with one attached hydrogen (secondary N) is 1. The van der Waals surface area contributed by atoms with Gasteiger partial charge in [-0.2, -0.15) is 23.1 Å². The van der Waals surface area contributed by atoms with Crippen molar-refractivity contribution in [1.82, 2.24) is 25.2 Å². The molecule has 0 spiro atoms. The van der Waals surface area contributed by atoms with E-state index in [0.29, 0.717) is 30.4 Å². The highest BCUT2D eigenvalue weighted by atomic mass is 32.1. The van der Waals surface area contributed by atoms with Gasteiger partial charge in [0, 0.05) is 37.2 Å². The molecule has 3 N–H and O–H groups in total. The molecule has 0 bridgehead atoms. The molecule has 0 aliphatic carbocycles. The molecule has 16 heteroatoms. The van der Waals surface area contributed by atoms with E-state index in [-0.39, 0.29) is 53.6 Å². The zero-order chi connectivity index (χ0) is 31.0. The normalized spacial score (nSPS) is 25.8. The van der Waals surface area contributed by atoms with Gasteiger partial charge in [0.25, 0.3) is 0 Å². The van der Waals surface area contributed by atoms with Crippen molar-refractivity contribution < 1.29 is 40.2 Å². The average Bonchev–Trinajstić information content (AvgIpc) is 3.72. The number of fused-ring (bicyclic) bond motifs is 3.